The summed E-state index contributed by atoms with van der Waals surface area (Å²) in [6.07, 6.45) is 2.50. The predicted molar refractivity (Wildman–Crippen MR) is 90.9 cm³/mol. The van der Waals surface area contributed by atoms with Crippen LogP contribution in [0, 0.1) is 13.8 Å². The number of hydrogen-bond acceptors (Lipinski definition) is 5. The molecule has 23 heavy (non-hydrogen) atoms. The normalized spacial score (nSPS) is 26.5. The Morgan fingerprint density at radius 2 is 2.17 bits per heavy atom. The van der Waals surface area contributed by atoms with Crippen LogP contribution in [0.5, 0.6) is 0 Å². The number of carbonyl (C=O) groups is 1. The number of rotatable bonds is 4. The Hall–Kier alpha value is -0.920. The first kappa shape index (κ1) is 16.9. The molecular formula is C16H23NO4S2. The van der Waals surface area contributed by atoms with Gasteiger partial charge in [0.2, 0.25) is 0 Å². The molecule has 0 radical (unpaired) electrons. The van der Waals surface area contributed by atoms with Crippen LogP contribution < -0.4 is 0 Å². The summed E-state index contributed by atoms with van der Waals surface area (Å²) in [5.74, 6) is 0.201. The molecule has 2 aliphatic heterocycles. The van der Waals surface area contributed by atoms with Gasteiger partial charge >= 0.3 is 0 Å². The largest absolute Gasteiger partial charge is 0.376 e. The predicted octanol–water partition coefficient (Wildman–Crippen LogP) is 2.17. The summed E-state index contributed by atoms with van der Waals surface area (Å²) in [6, 6.07) is 1.69. The van der Waals surface area contributed by atoms with Crippen LogP contribution in [0.25, 0.3) is 0 Å². The maximum atomic E-state index is 13.0. The maximum absolute atomic E-state index is 13.0. The van der Waals surface area contributed by atoms with Crippen LogP contribution in [0.3, 0.4) is 0 Å². The maximum Gasteiger partial charge on any atom is 0.255 e. The van der Waals surface area contributed by atoms with Gasteiger partial charge in [0.1, 0.15) is 0 Å². The molecule has 2 atom stereocenters. The van der Waals surface area contributed by atoms with E-state index in [2.05, 4.69) is 0 Å². The van der Waals surface area contributed by atoms with Gasteiger partial charge in [0.05, 0.1) is 23.2 Å². The van der Waals surface area contributed by atoms with Gasteiger partial charge in [-0.05, 0) is 39.2 Å². The van der Waals surface area contributed by atoms with E-state index in [0.29, 0.717) is 18.5 Å². The quantitative estimate of drug-likeness (QED) is 0.828. The lowest BCUT2D eigenvalue weighted by molar-refractivity contribution is 0.0441. The number of hydrogen-bond donors (Lipinski definition) is 0. The molecular weight excluding hydrogens is 334 g/mol. The summed E-state index contributed by atoms with van der Waals surface area (Å²) < 4.78 is 29.4. The molecule has 3 rings (SSSR count). The molecule has 1 aromatic heterocycles. The second-order valence-corrected chi connectivity index (χ2v) is 10.2. The average Bonchev–Trinajstić information content (AvgIpc) is 3.17. The van der Waals surface area contributed by atoms with Gasteiger partial charge in [-0.3, -0.25) is 4.79 Å². The van der Waals surface area contributed by atoms with Crippen molar-refractivity contribution >= 4 is 27.1 Å². The molecule has 0 unspecified atom stereocenters. The number of thiophene rings is 1. The third kappa shape index (κ3) is 3.78. The Labute approximate surface area is 141 Å². The van der Waals surface area contributed by atoms with Gasteiger partial charge in [-0.2, -0.15) is 0 Å². The summed E-state index contributed by atoms with van der Waals surface area (Å²) in [6.45, 7) is 5.15. The zero-order chi connectivity index (χ0) is 16.6. The molecule has 128 valence electrons. The average molecular weight is 357 g/mol. The number of carbonyl (C=O) groups excluding carboxylic acids is 1. The van der Waals surface area contributed by atoms with E-state index in [9.17, 15) is 13.2 Å². The fourth-order valence-corrected chi connectivity index (χ4v) is 6.07. The van der Waals surface area contributed by atoms with Gasteiger partial charge in [-0.1, -0.05) is 0 Å². The summed E-state index contributed by atoms with van der Waals surface area (Å²) in [5.41, 5.74) is 0.704. The molecule has 0 N–H and O–H groups in total. The van der Waals surface area contributed by atoms with Crippen LogP contribution in [0.4, 0.5) is 0 Å². The van der Waals surface area contributed by atoms with Crippen LogP contribution in [0.1, 0.15) is 39.4 Å². The van der Waals surface area contributed by atoms with Crippen molar-refractivity contribution in [1.29, 1.82) is 0 Å². The van der Waals surface area contributed by atoms with Gasteiger partial charge in [-0.25, -0.2) is 8.42 Å². The van der Waals surface area contributed by atoms with Crippen LogP contribution in [-0.4, -0.2) is 56.0 Å². The van der Waals surface area contributed by atoms with E-state index in [-0.39, 0.29) is 29.6 Å². The lowest BCUT2D eigenvalue weighted by Gasteiger charge is -2.30. The van der Waals surface area contributed by atoms with Crippen molar-refractivity contribution in [2.75, 3.05) is 24.7 Å². The molecule has 5 nitrogen and oxygen atoms in total. The molecule has 0 bridgehead atoms. The monoisotopic (exact) mass is 357 g/mol. The number of ether oxygens (including phenoxy) is 1. The van der Waals surface area contributed by atoms with Crippen molar-refractivity contribution in [3.05, 3.63) is 21.4 Å². The van der Waals surface area contributed by atoms with E-state index in [1.54, 1.807) is 16.2 Å². The second-order valence-electron chi connectivity index (χ2n) is 6.48. The van der Waals surface area contributed by atoms with Crippen molar-refractivity contribution < 1.29 is 17.9 Å². The number of amides is 1. The Kier molecular flexibility index (Phi) is 4.80. The number of sulfone groups is 1. The van der Waals surface area contributed by atoms with Crippen molar-refractivity contribution in [2.45, 2.75) is 45.3 Å². The van der Waals surface area contributed by atoms with Crippen molar-refractivity contribution in [1.82, 2.24) is 4.90 Å². The molecule has 2 fully saturated rings. The van der Waals surface area contributed by atoms with Crippen molar-refractivity contribution in [3.8, 4) is 0 Å². The summed E-state index contributed by atoms with van der Waals surface area (Å²) in [4.78, 5) is 16.9. The zero-order valence-electron chi connectivity index (χ0n) is 13.6. The van der Waals surface area contributed by atoms with Crippen LogP contribution in [-0.2, 0) is 14.6 Å². The first-order valence-electron chi connectivity index (χ1n) is 8.06. The molecule has 7 heteroatoms. The van der Waals surface area contributed by atoms with E-state index in [4.69, 9.17) is 4.74 Å². The van der Waals surface area contributed by atoms with E-state index < -0.39 is 9.84 Å². The highest BCUT2D eigenvalue weighted by Crippen LogP contribution is 2.27. The third-order valence-electron chi connectivity index (χ3n) is 4.61. The minimum absolute atomic E-state index is 0.0299. The highest BCUT2D eigenvalue weighted by Gasteiger charge is 2.37. The second kappa shape index (κ2) is 6.53. The minimum atomic E-state index is -3.03. The number of aryl methyl sites for hydroxylation is 2. The van der Waals surface area contributed by atoms with E-state index in [1.165, 1.54) is 0 Å². The van der Waals surface area contributed by atoms with Gasteiger partial charge in [0, 0.05) is 28.9 Å². The van der Waals surface area contributed by atoms with Crippen LogP contribution >= 0.6 is 11.3 Å². The van der Waals surface area contributed by atoms with Gasteiger partial charge in [0.25, 0.3) is 5.91 Å². The summed E-state index contributed by atoms with van der Waals surface area (Å²) in [5, 5.41) is 0. The fourth-order valence-electron chi connectivity index (χ4n) is 3.42. The molecule has 2 saturated heterocycles. The lowest BCUT2D eigenvalue weighted by atomic mass is 10.1. The third-order valence-corrected chi connectivity index (χ3v) is 7.32. The fraction of sp³-hybridized carbons (Fsp3) is 0.688. The summed E-state index contributed by atoms with van der Waals surface area (Å²) >= 11 is 1.60. The number of nitrogens with zero attached hydrogens (tertiary/aromatic N) is 1. The molecule has 0 spiro atoms. The van der Waals surface area contributed by atoms with Gasteiger partial charge in [-0.15, -0.1) is 11.3 Å². The van der Waals surface area contributed by atoms with Crippen LogP contribution in [0.2, 0.25) is 0 Å². The van der Waals surface area contributed by atoms with E-state index in [1.807, 2.05) is 19.9 Å². The van der Waals surface area contributed by atoms with Crippen molar-refractivity contribution in [3.63, 3.8) is 0 Å². The molecule has 1 amide bonds. The summed E-state index contributed by atoms with van der Waals surface area (Å²) in [7, 11) is -3.03. The minimum Gasteiger partial charge on any atom is -0.376 e. The Morgan fingerprint density at radius 1 is 1.39 bits per heavy atom. The first-order chi connectivity index (χ1) is 10.9. The highest BCUT2D eigenvalue weighted by atomic mass is 32.2. The van der Waals surface area contributed by atoms with Gasteiger partial charge < -0.3 is 9.64 Å². The molecule has 0 saturated carbocycles. The first-order valence-corrected chi connectivity index (χ1v) is 10.7. The Balaban J connectivity index is 1.84. The smallest absolute Gasteiger partial charge is 0.255 e. The molecule has 3 heterocycles. The lowest BCUT2D eigenvalue weighted by Crippen LogP contribution is -2.45. The highest BCUT2D eigenvalue weighted by molar-refractivity contribution is 7.91. The standard InChI is InChI=1S/C16H23NO4S2/c1-11-8-15(12(2)22-11)16(18)17(9-14-4-3-6-21-14)13-5-7-23(19,20)10-13/h8,13-14H,3-7,9-10H2,1-2H3/t13-,14-/m0/s1. The van der Waals surface area contributed by atoms with E-state index in [0.717, 1.165) is 29.2 Å². The Bertz CT molecular complexity index is 689. The van der Waals surface area contributed by atoms with Crippen molar-refractivity contribution in [2.24, 2.45) is 0 Å². The molecule has 0 aromatic carbocycles. The van der Waals surface area contributed by atoms with E-state index >= 15 is 0 Å². The zero-order valence-corrected chi connectivity index (χ0v) is 15.2. The van der Waals surface area contributed by atoms with Crippen LogP contribution in [0.15, 0.2) is 6.07 Å². The topological polar surface area (TPSA) is 63.7 Å². The Morgan fingerprint density at radius 3 is 2.70 bits per heavy atom. The SMILES string of the molecule is Cc1cc(C(=O)N(C[C@@H]2CCCO2)[C@H]2CCS(=O)(=O)C2)c(C)s1. The molecule has 1 aromatic rings. The molecule has 0 aliphatic carbocycles. The molecule has 2 aliphatic rings. The van der Waals surface area contributed by atoms with Gasteiger partial charge in [0.15, 0.2) is 9.84 Å².